The van der Waals surface area contributed by atoms with Crippen molar-refractivity contribution >= 4 is 39.7 Å². The van der Waals surface area contributed by atoms with Gasteiger partial charge in [-0.1, -0.05) is 23.4 Å². The van der Waals surface area contributed by atoms with E-state index in [2.05, 4.69) is 4.98 Å². The fourth-order valence-corrected chi connectivity index (χ4v) is 3.38. The summed E-state index contributed by atoms with van der Waals surface area (Å²) in [4.78, 5) is 15.5. The summed E-state index contributed by atoms with van der Waals surface area (Å²) < 4.78 is 61.1. The third kappa shape index (κ3) is 4.94. The first-order valence-corrected chi connectivity index (χ1v) is 9.24. The molecule has 0 fully saturated rings. The Bertz CT molecular complexity index is 889. The number of sulfonamides is 1. The first kappa shape index (κ1) is 19.7. The zero-order valence-corrected chi connectivity index (χ0v) is 14.6. The second-order valence-corrected chi connectivity index (χ2v) is 7.87. The Kier molecular flexibility index (Phi) is 6.09. The van der Waals surface area contributed by atoms with Crippen molar-refractivity contribution in [2.45, 2.75) is 22.0 Å². The molecule has 0 bridgehead atoms. The fourth-order valence-electron chi connectivity index (χ4n) is 1.72. The predicted octanol–water partition coefficient (Wildman–Crippen LogP) is 3.64. The Morgan fingerprint density at radius 2 is 2.00 bits per heavy atom. The number of alkyl halides is 3. The summed E-state index contributed by atoms with van der Waals surface area (Å²) in [6.45, 7) is -0.617. The first-order valence-electron chi connectivity index (χ1n) is 6.56. The summed E-state index contributed by atoms with van der Waals surface area (Å²) in [6.07, 6.45) is 2.05. The van der Waals surface area contributed by atoms with E-state index in [4.69, 9.17) is 11.6 Å². The van der Waals surface area contributed by atoms with Gasteiger partial charge in [0.2, 0.25) is 0 Å². The Balaban J connectivity index is 2.30. The standard InChI is InChI=1S/C14H10ClF3N2O3S2/c15-11-3-4-12(24-13-9(8-21)2-1-5-19-13)10(6-11)7-20-25(22,23)14(16,17)18/h1-6,8,20H,7H2. The number of hydrogen-bond acceptors (Lipinski definition) is 5. The molecule has 1 N–H and O–H groups in total. The zero-order valence-electron chi connectivity index (χ0n) is 12.2. The molecular formula is C14H10ClF3N2O3S2. The lowest BCUT2D eigenvalue weighted by molar-refractivity contribution is -0.0448. The fraction of sp³-hybridized carbons (Fsp3) is 0.143. The number of nitrogens with one attached hydrogen (secondary N) is 1. The SMILES string of the molecule is O=Cc1cccnc1Sc1ccc(Cl)cc1CNS(=O)(=O)C(F)(F)F. The average Bonchev–Trinajstić information content (AvgIpc) is 2.54. The largest absolute Gasteiger partial charge is 0.511 e. The molecule has 5 nitrogen and oxygen atoms in total. The average molecular weight is 411 g/mol. The van der Waals surface area contributed by atoms with Crippen LogP contribution in [0.5, 0.6) is 0 Å². The summed E-state index contributed by atoms with van der Waals surface area (Å²) >= 11 is 6.85. The van der Waals surface area contributed by atoms with Crippen LogP contribution in [0.3, 0.4) is 0 Å². The van der Waals surface area contributed by atoms with E-state index in [0.717, 1.165) is 11.8 Å². The molecule has 0 aliphatic rings. The van der Waals surface area contributed by atoms with Gasteiger partial charge < -0.3 is 0 Å². The highest BCUT2D eigenvalue weighted by Crippen LogP contribution is 2.33. The maximum Gasteiger partial charge on any atom is 0.511 e. The van der Waals surface area contributed by atoms with Crippen molar-refractivity contribution in [2.24, 2.45) is 0 Å². The number of halogens is 4. The van der Waals surface area contributed by atoms with Crippen LogP contribution in [0.15, 0.2) is 46.5 Å². The van der Waals surface area contributed by atoms with Gasteiger partial charge in [-0.25, -0.2) is 18.1 Å². The molecule has 2 aromatic rings. The molecule has 0 radical (unpaired) electrons. The minimum Gasteiger partial charge on any atom is -0.298 e. The van der Waals surface area contributed by atoms with E-state index in [0.29, 0.717) is 21.8 Å². The van der Waals surface area contributed by atoms with Gasteiger partial charge in [0, 0.05) is 28.2 Å². The van der Waals surface area contributed by atoms with E-state index in [1.165, 1.54) is 35.2 Å². The molecular weight excluding hydrogens is 401 g/mol. The third-order valence-corrected chi connectivity index (χ3v) is 5.44. The van der Waals surface area contributed by atoms with E-state index in [1.807, 2.05) is 0 Å². The number of aromatic nitrogens is 1. The molecule has 1 aromatic heterocycles. The van der Waals surface area contributed by atoms with E-state index >= 15 is 0 Å². The van der Waals surface area contributed by atoms with Gasteiger partial charge in [0.25, 0.3) is 0 Å². The second kappa shape index (κ2) is 7.73. The van der Waals surface area contributed by atoms with Crippen LogP contribution in [0.2, 0.25) is 5.02 Å². The Morgan fingerprint density at radius 3 is 2.64 bits per heavy atom. The van der Waals surface area contributed by atoms with Crippen LogP contribution in [0.4, 0.5) is 13.2 Å². The molecule has 134 valence electrons. The molecule has 0 saturated heterocycles. The van der Waals surface area contributed by atoms with Crippen LogP contribution in [0.25, 0.3) is 0 Å². The van der Waals surface area contributed by atoms with Crippen molar-refractivity contribution in [2.75, 3.05) is 0 Å². The van der Waals surface area contributed by atoms with E-state index in [1.54, 1.807) is 6.07 Å². The number of aldehydes is 1. The van der Waals surface area contributed by atoms with Gasteiger partial charge in [-0.15, -0.1) is 0 Å². The zero-order chi connectivity index (χ0) is 18.7. The normalized spacial score (nSPS) is 12.2. The molecule has 0 saturated carbocycles. The van der Waals surface area contributed by atoms with E-state index in [9.17, 15) is 26.4 Å². The minimum absolute atomic E-state index is 0.216. The number of carbonyl (C=O) groups is 1. The highest BCUT2D eigenvalue weighted by atomic mass is 35.5. The molecule has 1 heterocycles. The van der Waals surface area contributed by atoms with Crippen molar-refractivity contribution in [1.82, 2.24) is 9.71 Å². The molecule has 0 aliphatic heterocycles. The maximum absolute atomic E-state index is 12.4. The summed E-state index contributed by atoms with van der Waals surface area (Å²) in [5.74, 6) is 0. The Hall–Kier alpha value is -1.62. The van der Waals surface area contributed by atoms with Crippen LogP contribution >= 0.6 is 23.4 Å². The number of rotatable bonds is 6. The van der Waals surface area contributed by atoms with Crippen molar-refractivity contribution in [3.63, 3.8) is 0 Å². The number of benzene rings is 1. The lowest BCUT2D eigenvalue weighted by Gasteiger charge is -2.13. The monoisotopic (exact) mass is 410 g/mol. The lowest BCUT2D eigenvalue weighted by Crippen LogP contribution is -2.36. The Morgan fingerprint density at radius 1 is 1.28 bits per heavy atom. The number of carbonyl (C=O) groups excluding carboxylic acids is 1. The highest BCUT2D eigenvalue weighted by molar-refractivity contribution is 7.99. The van der Waals surface area contributed by atoms with Gasteiger partial charge in [-0.3, -0.25) is 4.79 Å². The molecule has 0 amide bonds. The van der Waals surface area contributed by atoms with Crippen LogP contribution in [-0.2, 0) is 16.6 Å². The molecule has 1 aromatic carbocycles. The van der Waals surface area contributed by atoms with Gasteiger partial charge in [0.1, 0.15) is 5.03 Å². The smallest absolute Gasteiger partial charge is 0.298 e. The van der Waals surface area contributed by atoms with Gasteiger partial charge >= 0.3 is 15.5 Å². The van der Waals surface area contributed by atoms with Crippen molar-refractivity contribution in [3.05, 3.63) is 52.7 Å². The number of nitrogens with zero attached hydrogens (tertiary/aromatic N) is 1. The van der Waals surface area contributed by atoms with Gasteiger partial charge in [0.05, 0.1) is 0 Å². The highest BCUT2D eigenvalue weighted by Gasteiger charge is 2.45. The molecule has 25 heavy (non-hydrogen) atoms. The third-order valence-electron chi connectivity index (χ3n) is 2.91. The quantitative estimate of drug-likeness (QED) is 0.736. The van der Waals surface area contributed by atoms with Crippen LogP contribution in [-0.4, -0.2) is 25.2 Å². The van der Waals surface area contributed by atoms with Crippen molar-refractivity contribution < 1.29 is 26.4 Å². The second-order valence-electron chi connectivity index (χ2n) is 4.64. The molecule has 11 heteroatoms. The topological polar surface area (TPSA) is 76.1 Å². The van der Waals surface area contributed by atoms with Crippen molar-refractivity contribution in [1.29, 1.82) is 0 Å². The maximum atomic E-state index is 12.4. The van der Waals surface area contributed by atoms with Gasteiger partial charge in [0.15, 0.2) is 6.29 Å². The summed E-state index contributed by atoms with van der Waals surface area (Å²) in [7, 11) is -5.49. The van der Waals surface area contributed by atoms with Gasteiger partial charge in [-0.2, -0.15) is 13.2 Å². The van der Waals surface area contributed by atoms with Crippen LogP contribution in [0.1, 0.15) is 15.9 Å². The number of pyridine rings is 1. The van der Waals surface area contributed by atoms with Crippen LogP contribution < -0.4 is 4.72 Å². The first-order chi connectivity index (χ1) is 11.6. The van der Waals surface area contributed by atoms with Crippen LogP contribution in [0, 0.1) is 0 Å². The minimum atomic E-state index is -5.49. The summed E-state index contributed by atoms with van der Waals surface area (Å²) in [5.41, 5.74) is -4.90. The molecule has 0 spiro atoms. The molecule has 0 unspecified atom stereocenters. The summed E-state index contributed by atoms with van der Waals surface area (Å²) in [6, 6.07) is 7.44. The van der Waals surface area contributed by atoms with Crippen molar-refractivity contribution in [3.8, 4) is 0 Å². The van der Waals surface area contributed by atoms with E-state index < -0.39 is 22.1 Å². The molecule has 0 atom stereocenters. The lowest BCUT2D eigenvalue weighted by atomic mass is 10.2. The number of hydrogen-bond donors (Lipinski definition) is 1. The molecule has 2 rings (SSSR count). The van der Waals surface area contributed by atoms with E-state index in [-0.39, 0.29) is 10.6 Å². The Labute approximate surface area is 150 Å². The summed E-state index contributed by atoms with van der Waals surface area (Å²) in [5, 5.41) is 0.557. The predicted molar refractivity (Wildman–Crippen MR) is 87.0 cm³/mol. The molecule has 0 aliphatic carbocycles. The van der Waals surface area contributed by atoms with Gasteiger partial charge in [-0.05, 0) is 35.9 Å².